The molecule has 1 fully saturated rings. The molecular formula is C12H22N2O3. The van der Waals surface area contributed by atoms with Gasteiger partial charge in [0.2, 0.25) is 0 Å². The minimum atomic E-state index is -0.988. The van der Waals surface area contributed by atoms with Gasteiger partial charge in [0, 0.05) is 13.6 Å². The Hall–Kier alpha value is -1.26. The fourth-order valence-corrected chi connectivity index (χ4v) is 2.15. The van der Waals surface area contributed by atoms with Crippen molar-refractivity contribution in [3.05, 3.63) is 0 Å². The van der Waals surface area contributed by atoms with Gasteiger partial charge in [-0.3, -0.25) is 0 Å². The average molecular weight is 242 g/mol. The van der Waals surface area contributed by atoms with E-state index in [1.54, 1.807) is 0 Å². The van der Waals surface area contributed by atoms with Crippen molar-refractivity contribution in [2.75, 3.05) is 13.6 Å². The van der Waals surface area contributed by atoms with Gasteiger partial charge in [0.15, 0.2) is 0 Å². The third-order valence-electron chi connectivity index (χ3n) is 3.56. The molecule has 5 nitrogen and oxygen atoms in total. The fraction of sp³-hybridized carbons (Fsp3) is 0.833. The Labute approximate surface area is 102 Å². The monoisotopic (exact) mass is 242 g/mol. The molecule has 1 rings (SSSR count). The molecule has 1 unspecified atom stereocenters. The average Bonchev–Trinajstić information content (AvgIpc) is 2.79. The number of carbonyl (C=O) groups is 2. The van der Waals surface area contributed by atoms with Crippen molar-refractivity contribution in [3.8, 4) is 0 Å². The zero-order chi connectivity index (χ0) is 12.8. The number of nitrogens with zero attached hydrogens (tertiary/aromatic N) is 1. The van der Waals surface area contributed by atoms with E-state index in [-0.39, 0.29) is 6.03 Å². The van der Waals surface area contributed by atoms with Crippen molar-refractivity contribution in [1.29, 1.82) is 0 Å². The molecule has 2 N–H and O–H groups in total. The largest absolute Gasteiger partial charge is 0.480 e. The van der Waals surface area contributed by atoms with Gasteiger partial charge in [0.05, 0.1) is 0 Å². The lowest BCUT2D eigenvalue weighted by Crippen LogP contribution is -2.46. The molecule has 1 atom stereocenters. The Bertz CT molecular complexity index is 275. The van der Waals surface area contributed by atoms with Gasteiger partial charge in [-0.1, -0.05) is 25.7 Å². The molecule has 0 aliphatic heterocycles. The minimum absolute atomic E-state index is 0.308. The molecule has 1 aliphatic carbocycles. The van der Waals surface area contributed by atoms with Crippen LogP contribution in [-0.4, -0.2) is 41.6 Å². The molecule has 98 valence electrons. The molecule has 17 heavy (non-hydrogen) atoms. The van der Waals surface area contributed by atoms with Gasteiger partial charge in [-0.25, -0.2) is 9.59 Å². The van der Waals surface area contributed by atoms with E-state index in [1.165, 1.54) is 44.6 Å². The molecular weight excluding hydrogens is 220 g/mol. The van der Waals surface area contributed by atoms with Crippen molar-refractivity contribution in [2.45, 2.75) is 45.1 Å². The van der Waals surface area contributed by atoms with Gasteiger partial charge in [-0.2, -0.15) is 0 Å². The zero-order valence-corrected chi connectivity index (χ0v) is 10.6. The van der Waals surface area contributed by atoms with Crippen LogP contribution in [0.3, 0.4) is 0 Å². The number of hydrogen-bond donors (Lipinski definition) is 2. The lowest BCUT2D eigenvalue weighted by Gasteiger charge is -2.22. The zero-order valence-electron chi connectivity index (χ0n) is 10.6. The maximum absolute atomic E-state index is 11.6. The SMILES string of the molecule is CC(C(=O)O)N(C)C(=O)NCCC1CCCC1. The molecule has 0 heterocycles. The van der Waals surface area contributed by atoms with Crippen molar-refractivity contribution < 1.29 is 14.7 Å². The summed E-state index contributed by atoms with van der Waals surface area (Å²) in [7, 11) is 1.50. The van der Waals surface area contributed by atoms with E-state index < -0.39 is 12.0 Å². The van der Waals surface area contributed by atoms with Crippen LogP contribution in [0.15, 0.2) is 0 Å². The topological polar surface area (TPSA) is 69.6 Å². The van der Waals surface area contributed by atoms with Crippen molar-refractivity contribution in [3.63, 3.8) is 0 Å². The number of rotatable bonds is 5. The summed E-state index contributed by atoms with van der Waals surface area (Å²) in [6.45, 7) is 2.14. The van der Waals surface area contributed by atoms with Crippen LogP contribution in [-0.2, 0) is 4.79 Å². The minimum Gasteiger partial charge on any atom is -0.480 e. The van der Waals surface area contributed by atoms with Crippen LogP contribution in [0.4, 0.5) is 4.79 Å². The standard InChI is InChI=1S/C12H22N2O3/c1-9(11(15)16)14(2)12(17)13-8-7-10-5-3-4-6-10/h9-10H,3-8H2,1-2H3,(H,13,17)(H,15,16). The van der Waals surface area contributed by atoms with Crippen LogP contribution in [0, 0.1) is 5.92 Å². The predicted octanol–water partition coefficient (Wildman–Crippen LogP) is 1.68. The summed E-state index contributed by atoms with van der Waals surface area (Å²) in [5.74, 6) is -0.254. The third-order valence-corrected chi connectivity index (χ3v) is 3.56. The summed E-state index contributed by atoms with van der Waals surface area (Å²) in [5, 5.41) is 11.5. The Morgan fingerprint density at radius 3 is 2.53 bits per heavy atom. The first kappa shape index (κ1) is 13.8. The second-order valence-corrected chi connectivity index (χ2v) is 4.80. The van der Waals surface area contributed by atoms with Crippen LogP contribution < -0.4 is 5.32 Å². The van der Waals surface area contributed by atoms with Crippen LogP contribution in [0.2, 0.25) is 0 Å². The number of amides is 2. The Balaban J connectivity index is 2.21. The normalized spacial score (nSPS) is 17.8. The predicted molar refractivity (Wildman–Crippen MR) is 64.8 cm³/mol. The maximum Gasteiger partial charge on any atom is 0.326 e. The maximum atomic E-state index is 11.6. The smallest absolute Gasteiger partial charge is 0.326 e. The van der Waals surface area contributed by atoms with E-state index in [0.29, 0.717) is 6.54 Å². The summed E-state index contributed by atoms with van der Waals surface area (Å²) in [4.78, 5) is 23.5. The Morgan fingerprint density at radius 2 is 2.00 bits per heavy atom. The van der Waals surface area contributed by atoms with Gasteiger partial charge in [-0.05, 0) is 19.3 Å². The molecule has 0 aromatic rings. The fourth-order valence-electron chi connectivity index (χ4n) is 2.15. The lowest BCUT2D eigenvalue weighted by molar-refractivity contribution is -0.141. The molecule has 1 saturated carbocycles. The number of carboxylic acids is 1. The molecule has 0 spiro atoms. The highest BCUT2D eigenvalue weighted by Gasteiger charge is 2.21. The quantitative estimate of drug-likeness (QED) is 0.770. The molecule has 0 bridgehead atoms. The number of likely N-dealkylation sites (N-methyl/N-ethyl adjacent to an activating group) is 1. The van der Waals surface area contributed by atoms with Crippen molar-refractivity contribution >= 4 is 12.0 Å². The summed E-state index contributed by atoms with van der Waals surface area (Å²) in [6.07, 6.45) is 6.12. The highest BCUT2D eigenvalue weighted by Crippen LogP contribution is 2.26. The molecule has 0 aromatic heterocycles. The molecule has 0 aromatic carbocycles. The van der Waals surface area contributed by atoms with Crippen LogP contribution in [0.5, 0.6) is 0 Å². The van der Waals surface area contributed by atoms with Crippen LogP contribution in [0.25, 0.3) is 0 Å². The first-order chi connectivity index (χ1) is 8.02. The second kappa shape index (κ2) is 6.47. The van der Waals surface area contributed by atoms with E-state index in [0.717, 1.165) is 12.3 Å². The lowest BCUT2D eigenvalue weighted by atomic mass is 10.0. The Kier molecular flexibility index (Phi) is 5.25. The summed E-state index contributed by atoms with van der Waals surface area (Å²) in [6, 6.07) is -1.10. The van der Waals surface area contributed by atoms with Crippen LogP contribution in [0.1, 0.15) is 39.0 Å². The first-order valence-electron chi connectivity index (χ1n) is 6.26. The molecule has 5 heteroatoms. The van der Waals surface area contributed by atoms with Gasteiger partial charge >= 0.3 is 12.0 Å². The van der Waals surface area contributed by atoms with Gasteiger partial charge in [0.1, 0.15) is 6.04 Å². The number of hydrogen-bond acceptors (Lipinski definition) is 2. The molecule has 0 radical (unpaired) electrons. The Morgan fingerprint density at radius 1 is 1.41 bits per heavy atom. The van der Waals surface area contributed by atoms with E-state index in [9.17, 15) is 9.59 Å². The van der Waals surface area contributed by atoms with Crippen molar-refractivity contribution in [2.24, 2.45) is 5.92 Å². The molecule has 1 aliphatic rings. The van der Waals surface area contributed by atoms with Gasteiger partial charge in [0.25, 0.3) is 0 Å². The van der Waals surface area contributed by atoms with E-state index in [1.807, 2.05) is 0 Å². The number of carbonyl (C=O) groups excluding carboxylic acids is 1. The summed E-state index contributed by atoms with van der Waals surface area (Å²) in [5.41, 5.74) is 0. The first-order valence-corrected chi connectivity index (χ1v) is 6.26. The summed E-state index contributed by atoms with van der Waals surface area (Å²) < 4.78 is 0. The van der Waals surface area contributed by atoms with E-state index in [2.05, 4.69) is 5.32 Å². The molecule has 0 saturated heterocycles. The van der Waals surface area contributed by atoms with E-state index in [4.69, 9.17) is 5.11 Å². The van der Waals surface area contributed by atoms with Crippen molar-refractivity contribution in [1.82, 2.24) is 10.2 Å². The van der Waals surface area contributed by atoms with Gasteiger partial charge in [-0.15, -0.1) is 0 Å². The number of nitrogens with one attached hydrogen (secondary N) is 1. The highest BCUT2D eigenvalue weighted by molar-refractivity contribution is 5.82. The van der Waals surface area contributed by atoms with Gasteiger partial charge < -0.3 is 15.3 Å². The molecule has 2 amide bonds. The third kappa shape index (κ3) is 4.24. The second-order valence-electron chi connectivity index (χ2n) is 4.80. The van der Waals surface area contributed by atoms with Crippen LogP contribution >= 0.6 is 0 Å². The summed E-state index contributed by atoms with van der Waals surface area (Å²) >= 11 is 0. The number of urea groups is 1. The van der Waals surface area contributed by atoms with E-state index >= 15 is 0 Å². The number of carboxylic acid groups (broad SMARTS) is 1. The highest BCUT2D eigenvalue weighted by atomic mass is 16.4. The number of aliphatic carboxylic acids is 1.